The molecule has 0 atom stereocenters. The summed E-state index contributed by atoms with van der Waals surface area (Å²) in [4.78, 5) is 4.85. The third-order valence-corrected chi connectivity index (χ3v) is 5.62. The summed E-state index contributed by atoms with van der Waals surface area (Å²) >= 11 is 3.60. The quantitative estimate of drug-likeness (QED) is 0.537. The van der Waals surface area contributed by atoms with Gasteiger partial charge < -0.3 is 4.74 Å². The van der Waals surface area contributed by atoms with Gasteiger partial charge in [-0.25, -0.2) is 0 Å². The van der Waals surface area contributed by atoms with Crippen LogP contribution in [0.3, 0.4) is 0 Å². The fraction of sp³-hybridized carbons (Fsp3) is 0.435. The number of benzene rings is 2. The van der Waals surface area contributed by atoms with Gasteiger partial charge in [-0.3, -0.25) is 9.80 Å². The minimum absolute atomic E-state index is 0.618. The first kappa shape index (κ1) is 20.9. The largest absolute Gasteiger partial charge is 0.493 e. The van der Waals surface area contributed by atoms with Crippen LogP contribution >= 0.6 is 15.9 Å². The number of hydrogen-bond acceptors (Lipinski definition) is 4. The van der Waals surface area contributed by atoms with Crippen molar-refractivity contribution in [3.05, 3.63) is 64.1 Å². The van der Waals surface area contributed by atoms with E-state index >= 15 is 0 Å². The molecule has 0 aromatic heterocycles. The highest BCUT2D eigenvalue weighted by molar-refractivity contribution is 9.10. The van der Waals surface area contributed by atoms with Crippen LogP contribution < -0.4 is 4.74 Å². The van der Waals surface area contributed by atoms with Crippen molar-refractivity contribution in [1.82, 2.24) is 9.80 Å². The standard InChI is InChI=1S/C23H28BrN3O/c24-22-9-10-23(28-17-4-8-20-6-2-1-3-7-20)21(18-22)19-27-15-13-26(14-16-27)12-5-11-25/h1-3,6-7,9-10,18H,4-5,8,12-17,19H2. The fourth-order valence-corrected chi connectivity index (χ4v) is 3.94. The Morgan fingerprint density at radius 3 is 2.50 bits per heavy atom. The topological polar surface area (TPSA) is 39.5 Å². The summed E-state index contributed by atoms with van der Waals surface area (Å²) in [5.74, 6) is 0.989. The van der Waals surface area contributed by atoms with E-state index in [1.54, 1.807) is 0 Å². The van der Waals surface area contributed by atoms with E-state index in [1.165, 1.54) is 11.1 Å². The van der Waals surface area contributed by atoms with Crippen molar-refractivity contribution >= 4 is 15.9 Å². The van der Waals surface area contributed by atoms with E-state index in [0.717, 1.165) is 68.9 Å². The minimum atomic E-state index is 0.618. The predicted octanol–water partition coefficient (Wildman–Crippen LogP) is 4.49. The molecule has 4 nitrogen and oxygen atoms in total. The molecule has 1 aliphatic rings. The van der Waals surface area contributed by atoms with Gasteiger partial charge in [0, 0.05) is 55.7 Å². The number of halogens is 1. The van der Waals surface area contributed by atoms with Crippen molar-refractivity contribution < 1.29 is 4.74 Å². The molecule has 5 heteroatoms. The first-order chi connectivity index (χ1) is 13.7. The Labute approximate surface area is 176 Å². The number of nitriles is 1. The Morgan fingerprint density at radius 1 is 1.00 bits per heavy atom. The van der Waals surface area contributed by atoms with E-state index in [4.69, 9.17) is 10.00 Å². The zero-order valence-corrected chi connectivity index (χ0v) is 17.9. The summed E-state index contributed by atoms with van der Waals surface area (Å²) < 4.78 is 7.23. The van der Waals surface area contributed by atoms with Crippen LogP contribution in [0.1, 0.15) is 24.0 Å². The highest BCUT2D eigenvalue weighted by Gasteiger charge is 2.18. The summed E-state index contributed by atoms with van der Waals surface area (Å²) in [6.07, 6.45) is 2.67. The Kier molecular flexibility index (Phi) is 8.35. The minimum Gasteiger partial charge on any atom is -0.493 e. The van der Waals surface area contributed by atoms with Crippen LogP contribution in [0.5, 0.6) is 5.75 Å². The summed E-state index contributed by atoms with van der Waals surface area (Å²) in [6.45, 7) is 6.64. The van der Waals surface area contributed by atoms with Gasteiger partial charge in [0.1, 0.15) is 5.75 Å². The van der Waals surface area contributed by atoms with Gasteiger partial charge in [-0.2, -0.15) is 5.26 Å². The summed E-state index contributed by atoms with van der Waals surface area (Å²) in [7, 11) is 0. The lowest BCUT2D eigenvalue weighted by Crippen LogP contribution is -2.46. The molecule has 2 aromatic carbocycles. The Morgan fingerprint density at radius 2 is 1.75 bits per heavy atom. The van der Waals surface area contributed by atoms with Crippen molar-refractivity contribution in [3.8, 4) is 11.8 Å². The molecule has 0 spiro atoms. The smallest absolute Gasteiger partial charge is 0.123 e. The van der Waals surface area contributed by atoms with Crippen molar-refractivity contribution in [3.63, 3.8) is 0 Å². The molecular formula is C23H28BrN3O. The molecule has 3 rings (SSSR count). The first-order valence-corrected chi connectivity index (χ1v) is 10.8. The normalized spacial score (nSPS) is 15.3. The van der Waals surface area contributed by atoms with E-state index in [-0.39, 0.29) is 0 Å². The van der Waals surface area contributed by atoms with E-state index in [2.05, 4.69) is 80.3 Å². The van der Waals surface area contributed by atoms with Gasteiger partial charge in [0.05, 0.1) is 12.7 Å². The van der Waals surface area contributed by atoms with Crippen LogP contribution in [-0.2, 0) is 13.0 Å². The molecule has 0 N–H and O–H groups in total. The second kappa shape index (κ2) is 11.2. The zero-order chi connectivity index (χ0) is 19.6. The lowest BCUT2D eigenvalue weighted by molar-refractivity contribution is 0.128. The molecule has 0 aliphatic carbocycles. The molecular weight excluding hydrogens is 414 g/mol. The SMILES string of the molecule is N#CCCN1CCN(Cc2cc(Br)ccc2OCCCc2ccccc2)CC1. The number of nitrogens with zero attached hydrogens (tertiary/aromatic N) is 3. The zero-order valence-electron chi connectivity index (χ0n) is 16.3. The van der Waals surface area contributed by atoms with Crippen molar-refractivity contribution in [2.24, 2.45) is 0 Å². The van der Waals surface area contributed by atoms with Gasteiger partial charge in [-0.05, 0) is 36.6 Å². The molecule has 0 unspecified atom stereocenters. The summed E-state index contributed by atoms with van der Waals surface area (Å²) in [5.41, 5.74) is 2.59. The van der Waals surface area contributed by atoms with Crippen LogP contribution in [-0.4, -0.2) is 49.1 Å². The van der Waals surface area contributed by atoms with Gasteiger partial charge >= 0.3 is 0 Å². The lowest BCUT2D eigenvalue weighted by atomic mass is 10.1. The average Bonchev–Trinajstić information content (AvgIpc) is 2.73. The summed E-state index contributed by atoms with van der Waals surface area (Å²) in [6, 6.07) is 19.1. The second-order valence-electron chi connectivity index (χ2n) is 7.22. The highest BCUT2D eigenvalue weighted by atomic mass is 79.9. The molecule has 28 heavy (non-hydrogen) atoms. The fourth-order valence-electron chi connectivity index (χ4n) is 3.54. The van der Waals surface area contributed by atoms with E-state index < -0.39 is 0 Å². The van der Waals surface area contributed by atoms with Crippen molar-refractivity contribution in [2.45, 2.75) is 25.8 Å². The molecule has 148 valence electrons. The molecule has 1 saturated heterocycles. The van der Waals surface area contributed by atoms with Crippen molar-refractivity contribution in [2.75, 3.05) is 39.3 Å². The Bertz CT molecular complexity index is 767. The van der Waals surface area contributed by atoms with Crippen molar-refractivity contribution in [1.29, 1.82) is 5.26 Å². The second-order valence-corrected chi connectivity index (χ2v) is 8.13. The molecule has 1 aliphatic heterocycles. The van der Waals surface area contributed by atoms with Crippen LogP contribution in [0.2, 0.25) is 0 Å². The van der Waals surface area contributed by atoms with Gasteiger partial charge in [-0.1, -0.05) is 46.3 Å². The Balaban J connectivity index is 1.49. The number of piperazine rings is 1. The van der Waals surface area contributed by atoms with Crippen LogP contribution in [0.25, 0.3) is 0 Å². The van der Waals surface area contributed by atoms with Crippen LogP contribution in [0.15, 0.2) is 53.0 Å². The summed E-state index contributed by atoms with van der Waals surface area (Å²) in [5, 5.41) is 8.75. The van der Waals surface area contributed by atoms with Gasteiger partial charge in [0.25, 0.3) is 0 Å². The first-order valence-electron chi connectivity index (χ1n) is 10.0. The molecule has 0 bridgehead atoms. The maximum absolute atomic E-state index is 8.75. The molecule has 0 radical (unpaired) electrons. The van der Waals surface area contributed by atoms with E-state index in [1.807, 2.05) is 0 Å². The predicted molar refractivity (Wildman–Crippen MR) is 116 cm³/mol. The average molecular weight is 442 g/mol. The van der Waals surface area contributed by atoms with Crippen LogP contribution in [0.4, 0.5) is 0 Å². The highest BCUT2D eigenvalue weighted by Crippen LogP contribution is 2.25. The van der Waals surface area contributed by atoms with Crippen LogP contribution in [0, 0.1) is 11.3 Å². The van der Waals surface area contributed by atoms with E-state index in [9.17, 15) is 0 Å². The number of aryl methyl sites for hydroxylation is 1. The number of rotatable bonds is 9. The maximum atomic E-state index is 8.75. The third kappa shape index (κ3) is 6.63. The monoisotopic (exact) mass is 441 g/mol. The Hall–Kier alpha value is -1.87. The maximum Gasteiger partial charge on any atom is 0.123 e. The van der Waals surface area contributed by atoms with Gasteiger partial charge in [0.2, 0.25) is 0 Å². The van der Waals surface area contributed by atoms with Gasteiger partial charge in [0.15, 0.2) is 0 Å². The molecule has 1 heterocycles. The molecule has 0 amide bonds. The molecule has 1 fully saturated rings. The number of hydrogen-bond donors (Lipinski definition) is 0. The van der Waals surface area contributed by atoms with E-state index in [0.29, 0.717) is 6.42 Å². The molecule has 2 aromatic rings. The lowest BCUT2D eigenvalue weighted by Gasteiger charge is -2.34. The number of ether oxygens (including phenoxy) is 1. The third-order valence-electron chi connectivity index (χ3n) is 5.13. The molecule has 0 saturated carbocycles. The van der Waals surface area contributed by atoms with Gasteiger partial charge in [-0.15, -0.1) is 0 Å².